The molecule has 1 aromatic carbocycles. The van der Waals surface area contributed by atoms with Gasteiger partial charge in [-0.25, -0.2) is 13.8 Å². The SMILES string of the molecule is COC(=O)[C@H](C)NP(=O)(OCC1OC(n2cc(/C=C/CC/C(C)=C(/C)F)c(=O)[nH]c2=O)CC1O)Oc1ccccc1. The van der Waals surface area contributed by atoms with Crippen molar-refractivity contribution in [3.8, 4) is 5.75 Å². The van der Waals surface area contributed by atoms with E-state index < -0.39 is 56.0 Å². The van der Waals surface area contributed by atoms with Gasteiger partial charge in [0.15, 0.2) is 0 Å². The average molecular weight is 596 g/mol. The van der Waals surface area contributed by atoms with Gasteiger partial charge in [0.25, 0.3) is 5.56 Å². The number of nitrogens with zero attached hydrogens (tertiary/aromatic N) is 1. The highest BCUT2D eigenvalue weighted by Gasteiger charge is 2.39. The Kier molecular flexibility index (Phi) is 11.4. The molecule has 224 valence electrons. The molecule has 1 aliphatic heterocycles. The van der Waals surface area contributed by atoms with Gasteiger partial charge in [-0.3, -0.25) is 23.7 Å². The fourth-order valence-corrected chi connectivity index (χ4v) is 5.40. The van der Waals surface area contributed by atoms with Crippen molar-refractivity contribution in [3.05, 3.63) is 80.4 Å². The summed E-state index contributed by atoms with van der Waals surface area (Å²) in [5, 5.41) is 13.1. The molecule has 1 aliphatic rings. The van der Waals surface area contributed by atoms with Crippen LogP contribution in [0.5, 0.6) is 5.75 Å². The Morgan fingerprint density at radius 1 is 1.32 bits per heavy atom. The van der Waals surface area contributed by atoms with E-state index in [2.05, 4.69) is 14.8 Å². The van der Waals surface area contributed by atoms with Crippen LogP contribution in [0.25, 0.3) is 6.08 Å². The molecule has 3 N–H and O–H groups in total. The third-order valence-electron chi connectivity index (χ3n) is 6.37. The van der Waals surface area contributed by atoms with Gasteiger partial charge in [-0.05, 0) is 51.3 Å². The second kappa shape index (κ2) is 14.5. The number of H-pyrrole nitrogens is 1. The van der Waals surface area contributed by atoms with Crippen molar-refractivity contribution < 1.29 is 37.4 Å². The zero-order valence-corrected chi connectivity index (χ0v) is 24.1. The number of benzene rings is 1. The van der Waals surface area contributed by atoms with Crippen LogP contribution in [0.4, 0.5) is 4.39 Å². The minimum absolute atomic E-state index is 0.0290. The van der Waals surface area contributed by atoms with Crippen LogP contribution in [0.3, 0.4) is 0 Å². The van der Waals surface area contributed by atoms with Crippen molar-refractivity contribution in [3.63, 3.8) is 0 Å². The molecule has 0 aliphatic carbocycles. The van der Waals surface area contributed by atoms with E-state index in [0.717, 1.165) is 4.57 Å². The van der Waals surface area contributed by atoms with Crippen LogP contribution < -0.4 is 20.9 Å². The highest BCUT2D eigenvalue weighted by molar-refractivity contribution is 7.52. The van der Waals surface area contributed by atoms with Gasteiger partial charge < -0.3 is 19.1 Å². The van der Waals surface area contributed by atoms with Crippen LogP contribution in [0.1, 0.15) is 51.8 Å². The lowest BCUT2D eigenvalue weighted by molar-refractivity contribution is -0.142. The predicted molar refractivity (Wildman–Crippen MR) is 149 cm³/mol. The standard InChI is InChI=1S/C27H35FN3O9P/c1-17(18(2)28)10-8-9-11-20-15-31(27(35)29-25(20)33)24-14-22(32)23(39-24)16-38-41(36,30-19(3)26(34)37-4)40-21-12-6-5-7-13-21/h5-7,9,11-13,15,19,22-24,32H,8,10,14,16H2,1-4H3,(H,30,36)(H,29,33,35)/b11-9+,18-17-/t19-,22?,23?,24?,41?/m0/s1. The lowest BCUT2D eigenvalue weighted by Crippen LogP contribution is -2.36. The third kappa shape index (κ3) is 9.07. The summed E-state index contributed by atoms with van der Waals surface area (Å²) < 4.78 is 49.5. The molecule has 0 saturated carbocycles. The van der Waals surface area contributed by atoms with Gasteiger partial charge in [0.05, 0.1) is 31.2 Å². The molecule has 3 rings (SSSR count). The number of para-hydroxylation sites is 1. The van der Waals surface area contributed by atoms with Crippen molar-refractivity contribution in [2.75, 3.05) is 13.7 Å². The number of aliphatic hydroxyl groups excluding tert-OH is 1. The number of hydrogen-bond acceptors (Lipinski definition) is 9. The van der Waals surface area contributed by atoms with E-state index in [1.165, 1.54) is 33.2 Å². The second-order valence-corrected chi connectivity index (χ2v) is 11.2. The number of carbonyl (C=O) groups is 1. The molecule has 0 amide bonds. The summed E-state index contributed by atoms with van der Waals surface area (Å²) in [5.41, 5.74) is -0.587. The van der Waals surface area contributed by atoms with E-state index in [9.17, 15) is 28.4 Å². The third-order valence-corrected chi connectivity index (χ3v) is 8.01. The topological polar surface area (TPSA) is 158 Å². The lowest BCUT2D eigenvalue weighted by Gasteiger charge is -2.24. The van der Waals surface area contributed by atoms with Gasteiger partial charge in [0, 0.05) is 12.6 Å². The predicted octanol–water partition coefficient (Wildman–Crippen LogP) is 3.60. The highest BCUT2D eigenvalue weighted by atomic mass is 31.2. The molecule has 0 spiro atoms. The first kappa shape index (κ1) is 32.2. The number of aliphatic hydroxyl groups is 1. The number of aromatic amines is 1. The molecule has 4 unspecified atom stereocenters. The molecule has 2 heterocycles. The Bertz CT molecular complexity index is 1420. The second-order valence-electron chi connectivity index (χ2n) is 9.51. The number of rotatable bonds is 13. The summed E-state index contributed by atoms with van der Waals surface area (Å²) in [6.07, 6.45) is 2.33. The number of halogens is 1. The monoisotopic (exact) mass is 595 g/mol. The van der Waals surface area contributed by atoms with Crippen LogP contribution in [-0.4, -0.2) is 52.6 Å². The Labute approximate surface area is 236 Å². The van der Waals surface area contributed by atoms with Crippen molar-refractivity contribution in [1.29, 1.82) is 0 Å². The largest absolute Gasteiger partial charge is 0.468 e. The number of nitrogens with one attached hydrogen (secondary N) is 2. The van der Waals surface area contributed by atoms with E-state index in [4.69, 9.17) is 13.8 Å². The minimum atomic E-state index is -4.18. The van der Waals surface area contributed by atoms with Crippen molar-refractivity contribution in [2.24, 2.45) is 0 Å². The number of esters is 1. The first-order chi connectivity index (χ1) is 19.4. The summed E-state index contributed by atoms with van der Waals surface area (Å²) in [4.78, 5) is 39.0. The molecular formula is C27H35FN3O9P. The maximum Gasteiger partial charge on any atom is 0.459 e. The molecule has 2 aromatic rings. The fourth-order valence-electron chi connectivity index (χ4n) is 3.90. The zero-order valence-electron chi connectivity index (χ0n) is 23.2. The molecule has 14 heteroatoms. The summed E-state index contributed by atoms with van der Waals surface area (Å²) in [6.45, 7) is 4.06. The van der Waals surface area contributed by atoms with Gasteiger partial charge in [-0.15, -0.1) is 0 Å². The molecule has 1 saturated heterocycles. The molecular weight excluding hydrogens is 560 g/mol. The minimum Gasteiger partial charge on any atom is -0.468 e. The highest BCUT2D eigenvalue weighted by Crippen LogP contribution is 2.45. The van der Waals surface area contributed by atoms with Crippen LogP contribution >= 0.6 is 7.75 Å². The van der Waals surface area contributed by atoms with Crippen molar-refractivity contribution in [1.82, 2.24) is 14.6 Å². The van der Waals surface area contributed by atoms with E-state index >= 15 is 0 Å². The zero-order chi connectivity index (χ0) is 30.2. The Morgan fingerprint density at radius 3 is 2.68 bits per heavy atom. The van der Waals surface area contributed by atoms with E-state index in [1.807, 2.05) is 0 Å². The average Bonchev–Trinajstić information content (AvgIpc) is 3.30. The number of allylic oxidation sites excluding steroid dienone is 3. The van der Waals surface area contributed by atoms with Gasteiger partial charge in [0.2, 0.25) is 0 Å². The summed E-state index contributed by atoms with van der Waals surface area (Å²) in [6, 6.07) is 7.10. The van der Waals surface area contributed by atoms with Gasteiger partial charge in [-0.1, -0.05) is 30.4 Å². The fraction of sp³-hybridized carbons (Fsp3) is 0.444. The first-order valence-corrected chi connectivity index (χ1v) is 14.5. The van der Waals surface area contributed by atoms with E-state index in [0.29, 0.717) is 18.4 Å². The number of hydrogen-bond donors (Lipinski definition) is 3. The maximum atomic E-state index is 13.5. The van der Waals surface area contributed by atoms with Gasteiger partial charge >= 0.3 is 19.4 Å². The number of ether oxygens (including phenoxy) is 2. The normalized spacial score (nSPS) is 21.8. The van der Waals surface area contributed by atoms with E-state index in [-0.39, 0.29) is 23.6 Å². The number of methoxy groups -OCH3 is 1. The van der Waals surface area contributed by atoms with Crippen molar-refractivity contribution >= 4 is 19.8 Å². The van der Waals surface area contributed by atoms with Crippen molar-refractivity contribution in [2.45, 2.75) is 64.5 Å². The summed E-state index contributed by atoms with van der Waals surface area (Å²) in [7, 11) is -3.00. The van der Waals surface area contributed by atoms with E-state index in [1.54, 1.807) is 43.3 Å². The molecule has 5 atom stereocenters. The Morgan fingerprint density at radius 2 is 2.02 bits per heavy atom. The lowest BCUT2D eigenvalue weighted by atomic mass is 10.1. The van der Waals surface area contributed by atoms with Crippen LogP contribution in [0.15, 0.2) is 63.6 Å². The van der Waals surface area contributed by atoms with Crippen LogP contribution in [-0.2, 0) is 23.4 Å². The van der Waals surface area contributed by atoms with Crippen LogP contribution in [0, 0.1) is 0 Å². The van der Waals surface area contributed by atoms with Crippen LogP contribution in [0.2, 0.25) is 0 Å². The molecule has 1 fully saturated rings. The summed E-state index contributed by atoms with van der Waals surface area (Å²) >= 11 is 0. The molecule has 1 aromatic heterocycles. The smallest absolute Gasteiger partial charge is 0.459 e. The number of aromatic nitrogens is 2. The number of carbonyl (C=O) groups excluding carboxylic acids is 1. The first-order valence-electron chi connectivity index (χ1n) is 12.9. The molecule has 0 bridgehead atoms. The van der Waals surface area contributed by atoms with Gasteiger partial charge in [-0.2, -0.15) is 5.09 Å². The molecule has 12 nitrogen and oxygen atoms in total. The quantitative estimate of drug-likeness (QED) is 0.231. The maximum absolute atomic E-state index is 13.5. The van der Waals surface area contributed by atoms with Gasteiger partial charge in [0.1, 0.15) is 24.1 Å². The Balaban J connectivity index is 1.72. The Hall–Kier alpha value is -3.35. The molecule has 0 radical (unpaired) electrons. The summed E-state index contributed by atoms with van der Waals surface area (Å²) in [5.74, 6) is -0.747. The molecule has 41 heavy (non-hydrogen) atoms.